The molecule has 0 aliphatic heterocycles. The minimum absolute atomic E-state index is 0.205. The van der Waals surface area contributed by atoms with E-state index in [9.17, 15) is 4.79 Å². The Hall–Kier alpha value is -1.62. The Labute approximate surface area is 100 Å². The van der Waals surface area contributed by atoms with E-state index >= 15 is 0 Å². The monoisotopic (exact) mass is 237 g/mol. The Kier molecular flexibility index (Phi) is 3.84. The molecule has 0 radical (unpaired) electrons. The molecule has 0 saturated heterocycles. The van der Waals surface area contributed by atoms with E-state index in [-0.39, 0.29) is 11.0 Å². The van der Waals surface area contributed by atoms with Crippen LogP contribution in [-0.2, 0) is 0 Å². The molecule has 0 aliphatic rings. The van der Waals surface area contributed by atoms with Crippen LogP contribution in [-0.4, -0.2) is 30.0 Å². The number of nitrogens with one attached hydrogen (secondary N) is 1. The average Bonchev–Trinajstić information content (AvgIpc) is 2.16. The van der Waals surface area contributed by atoms with Gasteiger partial charge in [0, 0.05) is 19.7 Å². The molecule has 16 heavy (non-hydrogen) atoms. The van der Waals surface area contributed by atoms with E-state index in [1.807, 2.05) is 19.1 Å². The van der Waals surface area contributed by atoms with Gasteiger partial charge < -0.3 is 16.0 Å². The summed E-state index contributed by atoms with van der Waals surface area (Å²) in [6.45, 7) is 1.90. The van der Waals surface area contributed by atoms with Crippen LogP contribution in [0.1, 0.15) is 11.1 Å². The van der Waals surface area contributed by atoms with Crippen molar-refractivity contribution in [3.05, 3.63) is 29.3 Å². The highest BCUT2D eigenvalue weighted by Crippen LogP contribution is 2.19. The van der Waals surface area contributed by atoms with Gasteiger partial charge in [-0.05, 0) is 18.6 Å². The van der Waals surface area contributed by atoms with Gasteiger partial charge in [0.05, 0.1) is 5.69 Å². The lowest BCUT2D eigenvalue weighted by atomic mass is 10.1. The quantitative estimate of drug-likeness (QED) is 0.770. The molecule has 0 atom stereocenters. The zero-order chi connectivity index (χ0) is 12.3. The van der Waals surface area contributed by atoms with E-state index in [1.54, 1.807) is 20.2 Å². The van der Waals surface area contributed by atoms with Crippen molar-refractivity contribution in [1.29, 1.82) is 0 Å². The molecule has 0 fully saturated rings. The summed E-state index contributed by atoms with van der Waals surface area (Å²) in [6, 6.07) is 5.33. The number of aryl methyl sites for hydroxylation is 1. The van der Waals surface area contributed by atoms with Crippen LogP contribution < -0.4 is 11.1 Å². The summed E-state index contributed by atoms with van der Waals surface area (Å²) >= 11 is 4.97. The molecule has 0 aromatic heterocycles. The molecule has 3 N–H and O–H groups in total. The fourth-order valence-electron chi connectivity index (χ4n) is 1.33. The van der Waals surface area contributed by atoms with Crippen LogP contribution in [0.3, 0.4) is 0 Å². The van der Waals surface area contributed by atoms with Gasteiger partial charge in [0.15, 0.2) is 0 Å². The van der Waals surface area contributed by atoms with Crippen molar-refractivity contribution in [3.63, 3.8) is 0 Å². The van der Waals surface area contributed by atoms with E-state index in [4.69, 9.17) is 18.0 Å². The van der Waals surface area contributed by atoms with Gasteiger partial charge in [-0.2, -0.15) is 0 Å². The Balaban J connectivity index is 3.09. The average molecular weight is 237 g/mol. The predicted molar refractivity (Wildman–Crippen MR) is 69.8 cm³/mol. The molecular formula is C11H15N3OS. The fraction of sp³-hybridized carbons (Fsp3) is 0.273. The number of carbonyl (C=O) groups is 1. The van der Waals surface area contributed by atoms with Gasteiger partial charge in [0.25, 0.3) is 0 Å². The van der Waals surface area contributed by atoms with Gasteiger partial charge in [-0.3, -0.25) is 0 Å². The molecule has 2 amide bonds. The zero-order valence-corrected chi connectivity index (χ0v) is 10.4. The summed E-state index contributed by atoms with van der Waals surface area (Å²) in [4.78, 5) is 13.3. The minimum atomic E-state index is -0.205. The Morgan fingerprint density at radius 3 is 2.56 bits per heavy atom. The summed E-state index contributed by atoms with van der Waals surface area (Å²) in [5.41, 5.74) is 7.94. The van der Waals surface area contributed by atoms with Crippen molar-refractivity contribution in [1.82, 2.24) is 4.90 Å². The number of hydrogen-bond donors (Lipinski definition) is 2. The van der Waals surface area contributed by atoms with Crippen LogP contribution in [0, 0.1) is 6.92 Å². The fourth-order valence-corrected chi connectivity index (χ4v) is 1.60. The third-order valence-electron chi connectivity index (χ3n) is 2.17. The molecule has 0 saturated carbocycles. The summed E-state index contributed by atoms with van der Waals surface area (Å²) in [6.07, 6.45) is 0. The van der Waals surface area contributed by atoms with Crippen LogP contribution in [0.2, 0.25) is 0 Å². The maximum Gasteiger partial charge on any atom is 0.321 e. The summed E-state index contributed by atoms with van der Waals surface area (Å²) in [7, 11) is 3.34. The number of carbonyl (C=O) groups excluding carboxylic acids is 1. The Morgan fingerprint density at radius 1 is 1.44 bits per heavy atom. The van der Waals surface area contributed by atoms with Crippen LogP contribution in [0.4, 0.5) is 10.5 Å². The second kappa shape index (κ2) is 4.94. The molecule has 0 heterocycles. The molecule has 0 unspecified atom stereocenters. The van der Waals surface area contributed by atoms with Crippen LogP contribution >= 0.6 is 12.2 Å². The molecule has 1 rings (SSSR count). The van der Waals surface area contributed by atoms with E-state index < -0.39 is 0 Å². The smallest absolute Gasteiger partial charge is 0.321 e. The SMILES string of the molecule is Cc1cccc(NC(=O)N(C)C)c1C(N)=S. The van der Waals surface area contributed by atoms with E-state index in [0.29, 0.717) is 11.3 Å². The van der Waals surface area contributed by atoms with Crippen LogP contribution in [0.25, 0.3) is 0 Å². The number of hydrogen-bond acceptors (Lipinski definition) is 2. The molecule has 1 aromatic carbocycles. The van der Waals surface area contributed by atoms with Gasteiger partial charge >= 0.3 is 6.03 Å². The Bertz CT molecular complexity index is 429. The summed E-state index contributed by atoms with van der Waals surface area (Å²) in [5.74, 6) is 0. The van der Waals surface area contributed by atoms with Crippen LogP contribution in [0.5, 0.6) is 0 Å². The second-order valence-corrected chi connectivity index (χ2v) is 4.13. The zero-order valence-electron chi connectivity index (χ0n) is 9.57. The number of anilines is 1. The normalized spacial score (nSPS) is 9.69. The van der Waals surface area contributed by atoms with Crippen LogP contribution in [0.15, 0.2) is 18.2 Å². The molecule has 0 spiro atoms. The molecule has 5 heteroatoms. The van der Waals surface area contributed by atoms with Gasteiger partial charge in [0.1, 0.15) is 4.99 Å². The highest BCUT2D eigenvalue weighted by molar-refractivity contribution is 7.80. The standard InChI is InChI=1S/C11H15N3OS/c1-7-5-4-6-8(9(7)10(12)16)13-11(15)14(2)3/h4-6H,1-3H3,(H2,12,16)(H,13,15). The maximum absolute atomic E-state index is 11.5. The number of nitrogens with two attached hydrogens (primary N) is 1. The van der Waals surface area contributed by atoms with Crippen molar-refractivity contribution in [3.8, 4) is 0 Å². The van der Waals surface area contributed by atoms with Crippen molar-refractivity contribution in [2.45, 2.75) is 6.92 Å². The van der Waals surface area contributed by atoms with E-state index in [0.717, 1.165) is 5.56 Å². The van der Waals surface area contributed by atoms with Crippen molar-refractivity contribution in [2.75, 3.05) is 19.4 Å². The van der Waals surface area contributed by atoms with Crippen molar-refractivity contribution in [2.24, 2.45) is 5.73 Å². The lowest BCUT2D eigenvalue weighted by Gasteiger charge is -2.15. The molecular weight excluding hydrogens is 222 g/mol. The first-order valence-corrected chi connectivity index (χ1v) is 5.22. The van der Waals surface area contributed by atoms with Crippen molar-refractivity contribution < 1.29 is 4.79 Å². The molecule has 0 aliphatic carbocycles. The largest absolute Gasteiger partial charge is 0.389 e. The molecule has 0 bridgehead atoms. The molecule has 86 valence electrons. The highest BCUT2D eigenvalue weighted by atomic mass is 32.1. The number of amides is 2. The first kappa shape index (κ1) is 12.4. The highest BCUT2D eigenvalue weighted by Gasteiger charge is 2.11. The first-order valence-electron chi connectivity index (χ1n) is 4.81. The molecule has 1 aromatic rings. The number of thiocarbonyl (C=S) groups is 1. The van der Waals surface area contributed by atoms with Gasteiger partial charge in [-0.1, -0.05) is 24.4 Å². The third kappa shape index (κ3) is 2.70. The van der Waals surface area contributed by atoms with E-state index in [2.05, 4.69) is 5.32 Å². The summed E-state index contributed by atoms with van der Waals surface area (Å²) in [5, 5.41) is 2.75. The maximum atomic E-state index is 11.5. The first-order chi connectivity index (χ1) is 7.43. The van der Waals surface area contributed by atoms with Gasteiger partial charge in [0.2, 0.25) is 0 Å². The topological polar surface area (TPSA) is 58.4 Å². The number of rotatable bonds is 2. The van der Waals surface area contributed by atoms with Gasteiger partial charge in [-0.25, -0.2) is 4.79 Å². The predicted octanol–water partition coefficient (Wildman–Crippen LogP) is 1.72. The third-order valence-corrected chi connectivity index (χ3v) is 2.37. The lowest BCUT2D eigenvalue weighted by Crippen LogP contribution is -2.28. The number of benzene rings is 1. The number of nitrogens with zero attached hydrogens (tertiary/aromatic N) is 1. The molecule has 4 nitrogen and oxygen atoms in total. The summed E-state index contributed by atoms with van der Waals surface area (Å²) < 4.78 is 0. The van der Waals surface area contributed by atoms with Gasteiger partial charge in [-0.15, -0.1) is 0 Å². The number of urea groups is 1. The minimum Gasteiger partial charge on any atom is -0.389 e. The van der Waals surface area contributed by atoms with Crippen molar-refractivity contribution >= 4 is 28.9 Å². The second-order valence-electron chi connectivity index (χ2n) is 3.69. The lowest BCUT2D eigenvalue weighted by molar-refractivity contribution is 0.230. The van der Waals surface area contributed by atoms with E-state index in [1.165, 1.54) is 4.90 Å². The Morgan fingerprint density at radius 2 is 2.06 bits per heavy atom.